The van der Waals surface area contributed by atoms with E-state index in [-0.39, 0.29) is 21.5 Å². The molecule has 0 saturated heterocycles. The number of carbonyl (C=O) groups excluding carboxylic acids is 1. The first kappa shape index (κ1) is 18.4. The molecule has 0 fully saturated rings. The van der Waals surface area contributed by atoms with E-state index in [4.69, 9.17) is 34.8 Å². The summed E-state index contributed by atoms with van der Waals surface area (Å²) in [5, 5.41) is -0.413. The lowest BCUT2D eigenvalue weighted by Crippen LogP contribution is -2.41. The lowest BCUT2D eigenvalue weighted by molar-refractivity contribution is -0.119. The second kappa shape index (κ2) is 7.54. The second-order valence-corrected chi connectivity index (χ2v) is 8.06. The smallest absolute Gasteiger partial charge is 0.256 e. The summed E-state index contributed by atoms with van der Waals surface area (Å²) in [5.41, 5.74) is 5.05. The van der Waals surface area contributed by atoms with Gasteiger partial charge >= 0.3 is 0 Å². The molecule has 0 radical (unpaired) electrons. The average molecular weight is 374 g/mol. The van der Waals surface area contributed by atoms with Gasteiger partial charge in [0.25, 0.3) is 5.91 Å². The Morgan fingerprint density at radius 2 is 1.76 bits per heavy atom. The van der Waals surface area contributed by atoms with E-state index in [1.54, 1.807) is 6.92 Å². The molecule has 0 aliphatic rings. The predicted octanol–water partition coefficient (Wildman–Crippen LogP) is 3.30. The van der Waals surface area contributed by atoms with Crippen molar-refractivity contribution in [3.05, 3.63) is 27.2 Å². The number of benzene rings is 1. The predicted molar refractivity (Wildman–Crippen MR) is 86.8 cm³/mol. The number of rotatable bonds is 6. The summed E-state index contributed by atoms with van der Waals surface area (Å²) in [6, 6.07) is 2.89. The maximum Gasteiger partial charge on any atom is 0.256 e. The second-order valence-electron chi connectivity index (χ2n) is 4.37. The third-order valence-corrected chi connectivity index (χ3v) is 5.80. The molecule has 9 heteroatoms. The maximum absolute atomic E-state index is 11.9. The van der Waals surface area contributed by atoms with Gasteiger partial charge in [0.1, 0.15) is 5.25 Å². The molecule has 0 aliphatic carbocycles. The Labute approximate surface area is 138 Å². The van der Waals surface area contributed by atoms with Crippen LogP contribution in [-0.2, 0) is 14.6 Å². The van der Waals surface area contributed by atoms with Crippen LogP contribution < -0.4 is 10.9 Å². The zero-order valence-corrected chi connectivity index (χ0v) is 14.5. The van der Waals surface area contributed by atoms with Crippen LogP contribution in [0.5, 0.6) is 0 Å². The van der Waals surface area contributed by atoms with Gasteiger partial charge in [-0.1, -0.05) is 41.7 Å². The quantitative estimate of drug-likeness (QED) is 0.750. The Balaban J connectivity index is 2.78. The topological polar surface area (TPSA) is 75.3 Å². The van der Waals surface area contributed by atoms with Gasteiger partial charge in [0, 0.05) is 5.02 Å². The summed E-state index contributed by atoms with van der Waals surface area (Å²) in [4.78, 5) is 11.9. The minimum Gasteiger partial charge on any atom is -0.296 e. The van der Waals surface area contributed by atoms with E-state index < -0.39 is 21.0 Å². The Bertz CT molecular complexity index is 612. The lowest BCUT2D eigenvalue weighted by Gasteiger charge is -2.15. The Kier molecular flexibility index (Phi) is 6.59. The molecule has 21 heavy (non-hydrogen) atoms. The highest BCUT2D eigenvalue weighted by Gasteiger charge is 2.27. The number of hydrogen-bond acceptors (Lipinski definition) is 4. The molecule has 1 atom stereocenters. The maximum atomic E-state index is 11.9. The van der Waals surface area contributed by atoms with Gasteiger partial charge in [-0.05, 0) is 25.5 Å². The number of carbonyl (C=O) groups is 1. The van der Waals surface area contributed by atoms with Crippen LogP contribution in [0.15, 0.2) is 12.1 Å². The monoisotopic (exact) mass is 372 g/mol. The molecule has 0 aromatic heterocycles. The van der Waals surface area contributed by atoms with E-state index in [2.05, 4.69) is 10.9 Å². The van der Waals surface area contributed by atoms with Gasteiger partial charge in [-0.2, -0.15) is 0 Å². The fourth-order valence-corrected chi connectivity index (χ4v) is 3.73. The molecule has 118 valence electrons. The highest BCUT2D eigenvalue weighted by atomic mass is 35.5. The van der Waals surface area contributed by atoms with Gasteiger partial charge in [0.05, 0.1) is 21.5 Å². The van der Waals surface area contributed by atoms with Crippen LogP contribution in [0.25, 0.3) is 0 Å². The first-order chi connectivity index (χ1) is 9.69. The van der Waals surface area contributed by atoms with Gasteiger partial charge in [0.2, 0.25) is 0 Å². The molecule has 0 bridgehead atoms. The molecular formula is C12H15Cl3N2O3S. The fraction of sp³-hybridized carbons (Fsp3) is 0.417. The molecule has 1 aromatic rings. The van der Waals surface area contributed by atoms with E-state index in [1.165, 1.54) is 19.1 Å². The van der Waals surface area contributed by atoms with Gasteiger partial charge < -0.3 is 0 Å². The van der Waals surface area contributed by atoms with Crippen molar-refractivity contribution >= 4 is 56.2 Å². The summed E-state index contributed by atoms with van der Waals surface area (Å²) < 4.78 is 23.6. The van der Waals surface area contributed by atoms with Crippen LogP contribution in [0.4, 0.5) is 5.69 Å². The number of nitrogens with one attached hydrogen (secondary N) is 2. The van der Waals surface area contributed by atoms with Crippen LogP contribution in [0.1, 0.15) is 20.3 Å². The largest absolute Gasteiger partial charge is 0.296 e. The van der Waals surface area contributed by atoms with Crippen molar-refractivity contribution in [2.45, 2.75) is 25.5 Å². The molecule has 5 nitrogen and oxygen atoms in total. The van der Waals surface area contributed by atoms with Crippen molar-refractivity contribution in [2.24, 2.45) is 0 Å². The van der Waals surface area contributed by atoms with Crippen molar-refractivity contribution < 1.29 is 13.2 Å². The molecule has 0 heterocycles. The molecular weight excluding hydrogens is 359 g/mol. The summed E-state index contributed by atoms with van der Waals surface area (Å²) in [7, 11) is -3.48. The average Bonchev–Trinajstić information content (AvgIpc) is 2.36. The number of anilines is 1. The summed E-state index contributed by atoms with van der Waals surface area (Å²) in [6.45, 7) is 3.06. The Hall–Kier alpha value is -0.690. The van der Waals surface area contributed by atoms with Crippen molar-refractivity contribution in [3.63, 3.8) is 0 Å². The fourth-order valence-electron chi connectivity index (χ4n) is 1.51. The standard InChI is InChI=1S/C12H15Cl3N2O3S/c1-3-4-21(19,20)7(2)12(18)17-16-11-9(14)5-8(13)6-10(11)15/h5-7,16H,3-4H2,1-2H3,(H,17,18). The van der Waals surface area contributed by atoms with Gasteiger partial charge in [-0.25, -0.2) is 8.42 Å². The Morgan fingerprint density at radius 3 is 2.24 bits per heavy atom. The molecule has 2 N–H and O–H groups in total. The van der Waals surface area contributed by atoms with Crippen LogP contribution in [0.3, 0.4) is 0 Å². The SMILES string of the molecule is CCCS(=O)(=O)C(C)C(=O)NNc1c(Cl)cc(Cl)cc1Cl. The summed E-state index contributed by atoms with van der Waals surface area (Å²) in [5.74, 6) is -0.741. The third-order valence-electron chi connectivity index (χ3n) is 2.71. The molecule has 1 aromatic carbocycles. The number of amides is 1. The first-order valence-corrected chi connectivity index (χ1v) is 8.96. The number of hydrazine groups is 1. The summed E-state index contributed by atoms with van der Waals surface area (Å²) >= 11 is 17.6. The van der Waals surface area contributed by atoms with Crippen molar-refractivity contribution in [3.8, 4) is 0 Å². The Morgan fingerprint density at radius 1 is 1.24 bits per heavy atom. The van der Waals surface area contributed by atoms with Crippen LogP contribution >= 0.6 is 34.8 Å². The minimum atomic E-state index is -3.48. The normalized spacial score (nSPS) is 12.8. The third kappa shape index (κ3) is 4.92. The van der Waals surface area contributed by atoms with Crippen molar-refractivity contribution in [1.29, 1.82) is 0 Å². The zero-order valence-electron chi connectivity index (χ0n) is 11.4. The van der Waals surface area contributed by atoms with E-state index in [9.17, 15) is 13.2 Å². The molecule has 1 amide bonds. The summed E-state index contributed by atoms with van der Waals surface area (Å²) in [6.07, 6.45) is 0.447. The van der Waals surface area contributed by atoms with Crippen LogP contribution in [-0.4, -0.2) is 25.3 Å². The minimum absolute atomic E-state index is 0.0515. The van der Waals surface area contributed by atoms with Gasteiger partial charge in [0.15, 0.2) is 9.84 Å². The van der Waals surface area contributed by atoms with Gasteiger partial charge in [-0.3, -0.25) is 15.6 Å². The van der Waals surface area contributed by atoms with Crippen LogP contribution in [0.2, 0.25) is 15.1 Å². The molecule has 1 rings (SSSR count). The highest BCUT2D eigenvalue weighted by Crippen LogP contribution is 2.33. The van der Waals surface area contributed by atoms with Crippen molar-refractivity contribution in [2.75, 3.05) is 11.2 Å². The van der Waals surface area contributed by atoms with Crippen molar-refractivity contribution in [1.82, 2.24) is 5.43 Å². The van der Waals surface area contributed by atoms with E-state index in [1.807, 2.05) is 0 Å². The molecule has 0 aliphatic heterocycles. The van der Waals surface area contributed by atoms with E-state index >= 15 is 0 Å². The van der Waals surface area contributed by atoms with E-state index in [0.29, 0.717) is 11.4 Å². The number of hydrogen-bond donors (Lipinski definition) is 2. The van der Waals surface area contributed by atoms with Crippen LogP contribution in [0, 0.1) is 0 Å². The highest BCUT2D eigenvalue weighted by molar-refractivity contribution is 7.92. The zero-order chi connectivity index (χ0) is 16.2. The first-order valence-electron chi connectivity index (χ1n) is 6.11. The number of halogens is 3. The molecule has 0 saturated carbocycles. The lowest BCUT2D eigenvalue weighted by atomic mass is 10.3. The van der Waals surface area contributed by atoms with Gasteiger partial charge in [-0.15, -0.1) is 0 Å². The molecule has 1 unspecified atom stereocenters. The number of sulfone groups is 1. The van der Waals surface area contributed by atoms with E-state index in [0.717, 1.165) is 0 Å². The molecule has 0 spiro atoms.